The van der Waals surface area contributed by atoms with E-state index in [1.165, 1.54) is 6.42 Å². The number of allylic oxidation sites excluding steroid dienone is 3. The fourth-order valence-electron chi connectivity index (χ4n) is 7.43. The number of hydrogen-bond donors (Lipinski definition) is 0. The average Bonchev–Trinajstić information content (AvgIpc) is 3.23. The molecule has 4 aliphatic carbocycles. The Hall–Kier alpha value is -0.930. The van der Waals surface area contributed by atoms with Crippen molar-refractivity contribution in [2.75, 3.05) is 13.2 Å². The maximum atomic E-state index is 12.9. The van der Waals surface area contributed by atoms with Gasteiger partial charge in [-0.3, -0.25) is 4.79 Å². The van der Waals surface area contributed by atoms with Crippen LogP contribution in [0.2, 0.25) is 0 Å². The standard InChI is InChI=1S/C24H34O3/c1-4-21(25)23(3)11-9-20-19-6-5-16-15-24(26-13-14-27-24)12-8-17(16)18(19)7-10-22(20,23)2/h5,7,17,19-20H,4,6,8-15H2,1-3H3/t17-,19+,20-,22-,23+/m0/s1. The highest BCUT2D eigenvalue weighted by Gasteiger charge is 2.61. The van der Waals surface area contributed by atoms with Crippen molar-refractivity contribution in [1.82, 2.24) is 0 Å². The van der Waals surface area contributed by atoms with Crippen LogP contribution in [0.5, 0.6) is 0 Å². The van der Waals surface area contributed by atoms with Gasteiger partial charge in [-0.25, -0.2) is 0 Å². The lowest BCUT2D eigenvalue weighted by molar-refractivity contribution is -0.171. The van der Waals surface area contributed by atoms with E-state index < -0.39 is 0 Å². The zero-order valence-electron chi connectivity index (χ0n) is 17.2. The Morgan fingerprint density at radius 2 is 1.93 bits per heavy atom. The maximum absolute atomic E-state index is 12.9. The molecule has 0 unspecified atom stereocenters. The van der Waals surface area contributed by atoms with Gasteiger partial charge in [-0.05, 0) is 49.4 Å². The summed E-state index contributed by atoms with van der Waals surface area (Å²) in [7, 11) is 0. The second kappa shape index (κ2) is 6.03. The van der Waals surface area contributed by atoms with Gasteiger partial charge < -0.3 is 9.47 Å². The number of ether oxygens (including phenoxy) is 2. The molecule has 0 radical (unpaired) electrons. The Kier molecular flexibility index (Phi) is 4.05. The summed E-state index contributed by atoms with van der Waals surface area (Å²) in [5.41, 5.74) is 3.24. The highest BCUT2D eigenvalue weighted by atomic mass is 16.7. The third-order valence-electron chi connectivity index (χ3n) is 9.23. The van der Waals surface area contributed by atoms with Crippen molar-refractivity contribution in [3.8, 4) is 0 Å². The predicted octanol–water partition coefficient (Wildman–Crippen LogP) is 5.21. The molecule has 5 rings (SSSR count). The van der Waals surface area contributed by atoms with Gasteiger partial charge in [0.2, 0.25) is 0 Å². The minimum absolute atomic E-state index is 0.132. The van der Waals surface area contributed by atoms with Crippen molar-refractivity contribution in [2.45, 2.75) is 77.9 Å². The summed E-state index contributed by atoms with van der Waals surface area (Å²) in [6.07, 6.45) is 13.4. The third-order valence-corrected chi connectivity index (χ3v) is 9.23. The minimum atomic E-state index is -0.321. The first-order chi connectivity index (χ1) is 12.9. The highest BCUT2D eigenvalue weighted by molar-refractivity contribution is 5.85. The Morgan fingerprint density at radius 1 is 1.15 bits per heavy atom. The summed E-state index contributed by atoms with van der Waals surface area (Å²) in [5.74, 6) is 2.05. The van der Waals surface area contributed by atoms with Crippen LogP contribution in [0, 0.1) is 28.6 Å². The molecule has 0 amide bonds. The van der Waals surface area contributed by atoms with Gasteiger partial charge >= 0.3 is 0 Å². The molecule has 2 saturated carbocycles. The molecule has 3 fully saturated rings. The van der Waals surface area contributed by atoms with Gasteiger partial charge in [0.05, 0.1) is 13.2 Å². The van der Waals surface area contributed by atoms with Crippen LogP contribution >= 0.6 is 0 Å². The van der Waals surface area contributed by atoms with Gasteiger partial charge in [0.15, 0.2) is 5.79 Å². The summed E-state index contributed by atoms with van der Waals surface area (Å²) >= 11 is 0. The molecule has 0 aromatic carbocycles. The SMILES string of the molecule is CCC(=O)[C@@]1(C)CC[C@H]2[C@@H]3CC=C4CC5(CC[C@@H]4C3=CC[C@@]21C)OCCO5. The van der Waals surface area contributed by atoms with Crippen LogP contribution in [0.1, 0.15) is 72.1 Å². The molecule has 0 aromatic rings. The molecule has 148 valence electrons. The van der Waals surface area contributed by atoms with Gasteiger partial charge in [-0.15, -0.1) is 0 Å². The zero-order chi connectivity index (χ0) is 18.9. The van der Waals surface area contributed by atoms with E-state index in [0.717, 1.165) is 51.7 Å². The molecule has 3 heteroatoms. The van der Waals surface area contributed by atoms with Gasteiger partial charge in [0.1, 0.15) is 5.78 Å². The first-order valence-electron chi connectivity index (χ1n) is 11.1. The van der Waals surface area contributed by atoms with E-state index in [-0.39, 0.29) is 16.6 Å². The summed E-state index contributed by atoms with van der Waals surface area (Å²) in [6, 6.07) is 0. The Labute approximate surface area is 163 Å². The normalized spacial score (nSPS) is 44.9. The van der Waals surface area contributed by atoms with Gasteiger partial charge in [-0.1, -0.05) is 44.1 Å². The molecule has 1 spiro atoms. The Bertz CT molecular complexity index is 713. The molecule has 27 heavy (non-hydrogen) atoms. The van der Waals surface area contributed by atoms with Gasteiger partial charge in [-0.2, -0.15) is 0 Å². The summed E-state index contributed by atoms with van der Waals surface area (Å²) in [4.78, 5) is 12.9. The molecular weight excluding hydrogens is 336 g/mol. The van der Waals surface area contributed by atoms with Crippen molar-refractivity contribution in [3.63, 3.8) is 0 Å². The number of fused-ring (bicyclic) bond motifs is 5. The maximum Gasteiger partial charge on any atom is 0.172 e. The van der Waals surface area contributed by atoms with E-state index in [1.807, 2.05) is 6.92 Å². The van der Waals surface area contributed by atoms with Crippen molar-refractivity contribution in [3.05, 3.63) is 23.3 Å². The summed E-state index contributed by atoms with van der Waals surface area (Å²) in [5, 5.41) is 0. The minimum Gasteiger partial charge on any atom is -0.347 e. The van der Waals surface area contributed by atoms with Crippen LogP contribution < -0.4 is 0 Å². The monoisotopic (exact) mass is 370 g/mol. The molecule has 1 aliphatic heterocycles. The third kappa shape index (κ3) is 2.37. The fourth-order valence-corrected chi connectivity index (χ4v) is 7.43. The predicted molar refractivity (Wildman–Crippen MR) is 105 cm³/mol. The first-order valence-corrected chi connectivity index (χ1v) is 11.1. The molecule has 0 bridgehead atoms. The van der Waals surface area contributed by atoms with Crippen LogP contribution in [0.15, 0.2) is 23.3 Å². The van der Waals surface area contributed by atoms with Crippen molar-refractivity contribution < 1.29 is 14.3 Å². The topological polar surface area (TPSA) is 35.5 Å². The molecule has 5 atom stereocenters. The molecule has 0 N–H and O–H groups in total. The number of Topliss-reactive ketones (excluding diaryl/α,β-unsaturated/α-hetero) is 1. The molecule has 3 nitrogen and oxygen atoms in total. The zero-order valence-corrected chi connectivity index (χ0v) is 17.2. The Balaban J connectivity index is 1.44. The number of carbonyl (C=O) groups excluding carboxylic acids is 1. The molecular formula is C24H34O3. The fraction of sp³-hybridized carbons (Fsp3) is 0.792. The van der Waals surface area contributed by atoms with Gasteiger partial charge in [0.25, 0.3) is 0 Å². The lowest BCUT2D eigenvalue weighted by atomic mass is 9.52. The first kappa shape index (κ1) is 18.1. The van der Waals surface area contributed by atoms with E-state index in [0.29, 0.717) is 30.0 Å². The molecule has 1 heterocycles. The number of hydrogen-bond acceptors (Lipinski definition) is 3. The van der Waals surface area contributed by atoms with Gasteiger partial charge in [0, 0.05) is 30.6 Å². The lowest BCUT2D eigenvalue weighted by Gasteiger charge is -2.52. The summed E-state index contributed by atoms with van der Waals surface area (Å²) < 4.78 is 12.0. The van der Waals surface area contributed by atoms with E-state index in [1.54, 1.807) is 11.1 Å². The number of ketones is 1. The van der Waals surface area contributed by atoms with Crippen molar-refractivity contribution in [2.24, 2.45) is 28.6 Å². The van der Waals surface area contributed by atoms with Crippen LogP contribution in [-0.4, -0.2) is 24.8 Å². The smallest absolute Gasteiger partial charge is 0.172 e. The molecule has 5 aliphatic rings. The summed E-state index contributed by atoms with van der Waals surface area (Å²) in [6.45, 7) is 8.21. The second-order valence-electron chi connectivity index (χ2n) is 10.1. The molecule has 1 saturated heterocycles. The average molecular weight is 371 g/mol. The van der Waals surface area contributed by atoms with Crippen molar-refractivity contribution >= 4 is 5.78 Å². The second-order valence-corrected chi connectivity index (χ2v) is 10.1. The van der Waals surface area contributed by atoms with E-state index >= 15 is 0 Å². The number of rotatable bonds is 2. The van der Waals surface area contributed by atoms with E-state index in [9.17, 15) is 4.79 Å². The van der Waals surface area contributed by atoms with E-state index in [4.69, 9.17) is 9.47 Å². The highest BCUT2D eigenvalue weighted by Crippen LogP contribution is 2.66. The largest absolute Gasteiger partial charge is 0.347 e. The Morgan fingerprint density at radius 3 is 2.67 bits per heavy atom. The van der Waals surface area contributed by atoms with Crippen molar-refractivity contribution in [1.29, 1.82) is 0 Å². The van der Waals surface area contributed by atoms with Crippen LogP contribution in [0.4, 0.5) is 0 Å². The molecule has 0 aromatic heterocycles. The van der Waals surface area contributed by atoms with E-state index in [2.05, 4.69) is 26.0 Å². The van der Waals surface area contributed by atoms with Crippen LogP contribution in [-0.2, 0) is 14.3 Å². The van der Waals surface area contributed by atoms with Crippen LogP contribution in [0.3, 0.4) is 0 Å². The lowest BCUT2D eigenvalue weighted by Crippen LogP contribution is -2.48. The number of carbonyl (C=O) groups is 1. The van der Waals surface area contributed by atoms with Crippen LogP contribution in [0.25, 0.3) is 0 Å². The quantitative estimate of drug-likeness (QED) is 0.626.